The summed E-state index contributed by atoms with van der Waals surface area (Å²) in [7, 11) is 0. The molecule has 0 radical (unpaired) electrons. The first kappa shape index (κ1) is 10.1. The van der Waals surface area contributed by atoms with Gasteiger partial charge in [0, 0.05) is 5.56 Å². The van der Waals surface area contributed by atoms with E-state index in [0.717, 1.165) is 11.1 Å². The van der Waals surface area contributed by atoms with E-state index in [1.807, 2.05) is 31.2 Å². The van der Waals surface area contributed by atoms with Crippen LogP contribution in [-0.2, 0) is 4.84 Å². The van der Waals surface area contributed by atoms with Crippen LogP contribution in [0.25, 0.3) is 0 Å². The zero-order chi connectivity index (χ0) is 10.8. The third kappa shape index (κ3) is 2.15. The van der Waals surface area contributed by atoms with Crippen LogP contribution in [0.2, 0.25) is 0 Å². The van der Waals surface area contributed by atoms with Gasteiger partial charge in [-0.1, -0.05) is 23.8 Å². The fourth-order valence-corrected chi connectivity index (χ4v) is 1.33. The number of hydrogen-bond donors (Lipinski definition) is 3. The lowest BCUT2D eigenvalue weighted by atomic mass is 10.1. The summed E-state index contributed by atoms with van der Waals surface area (Å²) in [6, 6.07) is 7.58. The SMILES string of the molecule is Cc1cccc(C2=N[C@@H](O)[C@H](O)ON2)c1. The molecule has 0 unspecified atom stereocenters. The quantitative estimate of drug-likeness (QED) is 0.603. The lowest BCUT2D eigenvalue weighted by molar-refractivity contribution is -0.188. The Labute approximate surface area is 87.0 Å². The normalized spacial score (nSPS) is 25.7. The molecule has 0 bridgehead atoms. The van der Waals surface area contributed by atoms with E-state index in [2.05, 4.69) is 10.5 Å². The molecule has 1 aliphatic heterocycles. The average molecular weight is 208 g/mol. The molecule has 0 saturated carbocycles. The lowest BCUT2D eigenvalue weighted by Gasteiger charge is -2.23. The number of amidine groups is 1. The number of hydrogen-bond acceptors (Lipinski definition) is 5. The third-order valence-corrected chi connectivity index (χ3v) is 2.08. The maximum absolute atomic E-state index is 9.28. The number of rotatable bonds is 1. The number of aliphatic hydroxyl groups is 2. The highest BCUT2D eigenvalue weighted by atomic mass is 16.7. The molecular weight excluding hydrogens is 196 g/mol. The van der Waals surface area contributed by atoms with Crippen LogP contribution in [0.15, 0.2) is 29.3 Å². The molecule has 1 aromatic carbocycles. The minimum atomic E-state index is -1.32. The summed E-state index contributed by atoms with van der Waals surface area (Å²) in [6.07, 6.45) is -2.57. The Morgan fingerprint density at radius 2 is 2.20 bits per heavy atom. The van der Waals surface area contributed by atoms with Crippen LogP contribution in [0.5, 0.6) is 0 Å². The van der Waals surface area contributed by atoms with Crippen molar-refractivity contribution in [1.82, 2.24) is 5.48 Å². The van der Waals surface area contributed by atoms with Crippen LogP contribution < -0.4 is 5.48 Å². The fraction of sp³-hybridized carbons (Fsp3) is 0.300. The Bertz CT molecular complexity index is 392. The minimum Gasteiger partial charge on any atom is -0.367 e. The molecule has 1 aromatic rings. The number of aliphatic imine (C=N–C) groups is 1. The van der Waals surface area contributed by atoms with Crippen molar-refractivity contribution in [2.24, 2.45) is 4.99 Å². The molecule has 0 amide bonds. The van der Waals surface area contributed by atoms with Gasteiger partial charge in [-0.05, 0) is 13.0 Å². The second-order valence-corrected chi connectivity index (χ2v) is 3.37. The second-order valence-electron chi connectivity index (χ2n) is 3.37. The summed E-state index contributed by atoms with van der Waals surface area (Å²) < 4.78 is 0. The zero-order valence-electron chi connectivity index (χ0n) is 8.21. The van der Waals surface area contributed by atoms with Gasteiger partial charge in [0.1, 0.15) is 0 Å². The number of hydroxylamine groups is 1. The Kier molecular flexibility index (Phi) is 2.68. The number of aryl methyl sites for hydroxylation is 1. The van der Waals surface area contributed by atoms with Crippen molar-refractivity contribution < 1.29 is 15.1 Å². The van der Waals surface area contributed by atoms with E-state index in [1.54, 1.807) is 0 Å². The van der Waals surface area contributed by atoms with Crippen LogP contribution in [0.4, 0.5) is 0 Å². The summed E-state index contributed by atoms with van der Waals surface area (Å²) in [5.74, 6) is 0.413. The van der Waals surface area contributed by atoms with Crippen molar-refractivity contribution in [3.05, 3.63) is 35.4 Å². The fourth-order valence-electron chi connectivity index (χ4n) is 1.33. The van der Waals surface area contributed by atoms with Gasteiger partial charge in [0.25, 0.3) is 0 Å². The zero-order valence-corrected chi connectivity index (χ0v) is 8.21. The monoisotopic (exact) mass is 208 g/mol. The van der Waals surface area contributed by atoms with E-state index in [1.165, 1.54) is 0 Å². The van der Waals surface area contributed by atoms with Gasteiger partial charge in [0.15, 0.2) is 5.84 Å². The number of aliphatic hydroxyl groups excluding tert-OH is 2. The first-order valence-electron chi connectivity index (χ1n) is 4.59. The standard InChI is InChI=1S/C10H12N2O3/c1-6-3-2-4-7(5-6)8-11-9(13)10(14)15-12-8/h2-5,9-10,13-14H,1H3,(H,11,12)/t9-,10+/m0/s1. The van der Waals surface area contributed by atoms with E-state index >= 15 is 0 Å². The molecule has 15 heavy (non-hydrogen) atoms. The molecule has 1 aliphatic rings. The van der Waals surface area contributed by atoms with Gasteiger partial charge < -0.3 is 10.2 Å². The Balaban J connectivity index is 2.28. The predicted molar refractivity (Wildman–Crippen MR) is 54.0 cm³/mol. The van der Waals surface area contributed by atoms with Crippen LogP contribution in [0.3, 0.4) is 0 Å². The Morgan fingerprint density at radius 1 is 1.40 bits per heavy atom. The number of nitrogens with one attached hydrogen (secondary N) is 1. The summed E-state index contributed by atoms with van der Waals surface area (Å²) in [5.41, 5.74) is 4.37. The van der Waals surface area contributed by atoms with E-state index in [4.69, 9.17) is 9.94 Å². The summed E-state index contributed by atoms with van der Waals surface area (Å²) in [6.45, 7) is 1.96. The van der Waals surface area contributed by atoms with Crippen molar-refractivity contribution in [3.8, 4) is 0 Å². The molecule has 2 atom stereocenters. The first-order valence-corrected chi connectivity index (χ1v) is 4.59. The molecule has 0 spiro atoms. The van der Waals surface area contributed by atoms with Crippen molar-refractivity contribution in [1.29, 1.82) is 0 Å². The average Bonchev–Trinajstić information content (AvgIpc) is 2.22. The summed E-state index contributed by atoms with van der Waals surface area (Å²) in [4.78, 5) is 8.58. The Morgan fingerprint density at radius 3 is 2.87 bits per heavy atom. The van der Waals surface area contributed by atoms with Crippen molar-refractivity contribution in [3.63, 3.8) is 0 Å². The molecule has 0 aromatic heterocycles. The number of benzene rings is 1. The molecule has 0 aliphatic carbocycles. The molecule has 1 heterocycles. The van der Waals surface area contributed by atoms with Crippen LogP contribution in [0.1, 0.15) is 11.1 Å². The van der Waals surface area contributed by atoms with Gasteiger partial charge in [0.05, 0.1) is 0 Å². The molecule has 3 N–H and O–H groups in total. The van der Waals surface area contributed by atoms with Crippen LogP contribution in [-0.4, -0.2) is 28.6 Å². The molecule has 0 fully saturated rings. The second kappa shape index (κ2) is 3.98. The third-order valence-electron chi connectivity index (χ3n) is 2.08. The molecule has 0 saturated heterocycles. The van der Waals surface area contributed by atoms with Gasteiger partial charge in [-0.25, -0.2) is 15.3 Å². The van der Waals surface area contributed by atoms with E-state index in [0.29, 0.717) is 5.84 Å². The minimum absolute atomic E-state index is 0.413. The number of nitrogens with zero attached hydrogens (tertiary/aromatic N) is 1. The van der Waals surface area contributed by atoms with Gasteiger partial charge in [-0.2, -0.15) is 0 Å². The van der Waals surface area contributed by atoms with Crippen LogP contribution in [0, 0.1) is 6.92 Å². The Hall–Kier alpha value is -1.43. The maximum atomic E-state index is 9.28. The van der Waals surface area contributed by atoms with E-state index < -0.39 is 12.5 Å². The highest BCUT2D eigenvalue weighted by Crippen LogP contribution is 2.09. The molecule has 5 heteroatoms. The van der Waals surface area contributed by atoms with Gasteiger partial charge in [0.2, 0.25) is 12.5 Å². The molecule has 2 rings (SSSR count). The summed E-state index contributed by atoms with van der Waals surface area (Å²) in [5, 5.41) is 18.3. The van der Waals surface area contributed by atoms with Gasteiger partial charge in [-0.3, -0.25) is 0 Å². The van der Waals surface area contributed by atoms with Crippen molar-refractivity contribution >= 4 is 5.84 Å². The van der Waals surface area contributed by atoms with E-state index in [-0.39, 0.29) is 0 Å². The molecular formula is C10H12N2O3. The highest BCUT2D eigenvalue weighted by molar-refractivity contribution is 5.98. The first-order chi connectivity index (χ1) is 7.16. The highest BCUT2D eigenvalue weighted by Gasteiger charge is 2.23. The molecule has 80 valence electrons. The largest absolute Gasteiger partial charge is 0.367 e. The lowest BCUT2D eigenvalue weighted by Crippen LogP contribution is -2.42. The van der Waals surface area contributed by atoms with E-state index in [9.17, 15) is 5.11 Å². The topological polar surface area (TPSA) is 74.1 Å². The van der Waals surface area contributed by atoms with Gasteiger partial charge in [-0.15, -0.1) is 0 Å². The maximum Gasteiger partial charge on any atom is 0.228 e. The van der Waals surface area contributed by atoms with Crippen molar-refractivity contribution in [2.45, 2.75) is 19.4 Å². The van der Waals surface area contributed by atoms with Crippen molar-refractivity contribution in [2.75, 3.05) is 0 Å². The smallest absolute Gasteiger partial charge is 0.228 e. The van der Waals surface area contributed by atoms with Gasteiger partial charge >= 0.3 is 0 Å². The molecule has 5 nitrogen and oxygen atoms in total. The predicted octanol–water partition coefficient (Wildman–Crippen LogP) is -0.0868. The van der Waals surface area contributed by atoms with Crippen LogP contribution >= 0.6 is 0 Å². The summed E-state index contributed by atoms with van der Waals surface area (Å²) >= 11 is 0.